The number of rotatable bonds is 6. The van der Waals surface area contributed by atoms with Gasteiger partial charge in [0.1, 0.15) is 0 Å². The standard InChI is InChI=1S/C11H11NO7/c1-6(11(14)15)19-10-7(5-13)3-8(12(16)17)4-9(10)18-2/h3-6H,1-2H3,(H,14,15)/t6-/m1/s1. The van der Waals surface area contributed by atoms with E-state index in [0.717, 1.165) is 12.1 Å². The number of carboxylic acid groups (broad SMARTS) is 1. The van der Waals surface area contributed by atoms with E-state index in [-0.39, 0.29) is 22.7 Å². The number of benzene rings is 1. The van der Waals surface area contributed by atoms with Crippen LogP contribution < -0.4 is 9.47 Å². The molecule has 1 aromatic rings. The molecule has 0 saturated heterocycles. The van der Waals surface area contributed by atoms with Gasteiger partial charge in [0.25, 0.3) is 5.69 Å². The minimum absolute atomic E-state index is 0.0793. The van der Waals surface area contributed by atoms with Gasteiger partial charge in [-0.05, 0) is 6.92 Å². The minimum atomic E-state index is -1.24. The average molecular weight is 269 g/mol. The molecule has 0 aliphatic heterocycles. The second kappa shape index (κ2) is 5.80. The maximum atomic E-state index is 10.9. The summed E-state index contributed by atoms with van der Waals surface area (Å²) in [5.41, 5.74) is -0.506. The van der Waals surface area contributed by atoms with Crippen molar-refractivity contribution in [3.05, 3.63) is 27.8 Å². The van der Waals surface area contributed by atoms with Gasteiger partial charge in [0.2, 0.25) is 0 Å². The van der Waals surface area contributed by atoms with Crippen LogP contribution in [-0.2, 0) is 4.79 Å². The molecule has 0 radical (unpaired) electrons. The molecule has 0 aliphatic carbocycles. The summed E-state index contributed by atoms with van der Waals surface area (Å²) in [5, 5.41) is 19.4. The summed E-state index contributed by atoms with van der Waals surface area (Å²) in [4.78, 5) is 31.6. The minimum Gasteiger partial charge on any atom is -0.493 e. The monoisotopic (exact) mass is 269 g/mol. The van der Waals surface area contributed by atoms with Crippen molar-refractivity contribution in [2.24, 2.45) is 0 Å². The molecule has 1 N–H and O–H groups in total. The van der Waals surface area contributed by atoms with Gasteiger partial charge in [-0.3, -0.25) is 14.9 Å². The third kappa shape index (κ3) is 3.18. The van der Waals surface area contributed by atoms with Gasteiger partial charge in [-0.2, -0.15) is 0 Å². The van der Waals surface area contributed by atoms with Crippen LogP contribution in [0.15, 0.2) is 12.1 Å². The highest BCUT2D eigenvalue weighted by Gasteiger charge is 2.22. The van der Waals surface area contributed by atoms with Crippen LogP contribution in [0.4, 0.5) is 5.69 Å². The number of carbonyl (C=O) groups excluding carboxylic acids is 1. The Labute approximate surface area is 107 Å². The summed E-state index contributed by atoms with van der Waals surface area (Å²) in [6, 6.07) is 2.04. The quantitative estimate of drug-likeness (QED) is 0.469. The second-order valence-electron chi connectivity index (χ2n) is 3.54. The van der Waals surface area contributed by atoms with E-state index in [4.69, 9.17) is 14.6 Å². The van der Waals surface area contributed by atoms with E-state index in [2.05, 4.69) is 0 Å². The van der Waals surface area contributed by atoms with E-state index in [1.165, 1.54) is 14.0 Å². The number of nitrogens with zero attached hydrogens (tertiary/aromatic N) is 1. The fraction of sp³-hybridized carbons (Fsp3) is 0.273. The van der Waals surface area contributed by atoms with Crippen LogP contribution >= 0.6 is 0 Å². The Kier molecular flexibility index (Phi) is 4.41. The number of aliphatic carboxylic acids is 1. The van der Waals surface area contributed by atoms with Gasteiger partial charge < -0.3 is 14.6 Å². The molecule has 8 heteroatoms. The molecular weight excluding hydrogens is 258 g/mol. The number of ether oxygens (including phenoxy) is 2. The predicted molar refractivity (Wildman–Crippen MR) is 62.8 cm³/mol. The lowest BCUT2D eigenvalue weighted by atomic mass is 10.1. The Hall–Kier alpha value is -2.64. The molecule has 0 unspecified atom stereocenters. The number of nitro benzene ring substituents is 1. The molecule has 0 aliphatic rings. The fourth-order valence-corrected chi connectivity index (χ4v) is 1.31. The maximum Gasteiger partial charge on any atom is 0.344 e. The van der Waals surface area contributed by atoms with E-state index < -0.39 is 17.0 Å². The number of hydrogen-bond donors (Lipinski definition) is 1. The number of non-ortho nitro benzene ring substituents is 1. The number of nitro groups is 1. The molecule has 0 heterocycles. The first-order valence-electron chi connectivity index (χ1n) is 5.11. The van der Waals surface area contributed by atoms with Crippen molar-refractivity contribution in [3.63, 3.8) is 0 Å². The molecule has 1 atom stereocenters. The third-order valence-corrected chi connectivity index (χ3v) is 2.27. The van der Waals surface area contributed by atoms with Crippen LogP contribution in [0.1, 0.15) is 17.3 Å². The van der Waals surface area contributed by atoms with E-state index >= 15 is 0 Å². The SMILES string of the molecule is COc1cc([N+](=O)[O-])cc(C=O)c1O[C@H](C)C(=O)O. The molecule has 0 amide bonds. The molecule has 0 aromatic heterocycles. The van der Waals surface area contributed by atoms with Crippen molar-refractivity contribution < 1.29 is 29.1 Å². The number of methoxy groups -OCH3 is 1. The number of aldehydes is 1. The lowest BCUT2D eigenvalue weighted by Crippen LogP contribution is -2.23. The fourth-order valence-electron chi connectivity index (χ4n) is 1.31. The first-order valence-corrected chi connectivity index (χ1v) is 5.11. The van der Waals surface area contributed by atoms with Gasteiger partial charge in [-0.15, -0.1) is 0 Å². The molecule has 0 spiro atoms. The summed E-state index contributed by atoms with van der Waals surface area (Å²) in [7, 11) is 1.23. The largest absolute Gasteiger partial charge is 0.493 e. The summed E-state index contributed by atoms with van der Waals surface area (Å²) in [5.74, 6) is -1.46. The highest BCUT2D eigenvalue weighted by atomic mass is 16.6. The van der Waals surface area contributed by atoms with Crippen molar-refractivity contribution in [1.29, 1.82) is 0 Å². The van der Waals surface area contributed by atoms with Crippen LogP contribution in [0.3, 0.4) is 0 Å². The predicted octanol–water partition coefficient (Wildman–Crippen LogP) is 1.27. The third-order valence-electron chi connectivity index (χ3n) is 2.27. The van der Waals surface area contributed by atoms with Gasteiger partial charge in [0.05, 0.1) is 23.7 Å². The number of carboxylic acids is 1. The lowest BCUT2D eigenvalue weighted by Gasteiger charge is -2.15. The van der Waals surface area contributed by atoms with Crippen LogP contribution in [0, 0.1) is 10.1 Å². The molecule has 1 aromatic carbocycles. The van der Waals surface area contributed by atoms with Crippen molar-refractivity contribution >= 4 is 17.9 Å². The molecule has 0 bridgehead atoms. The maximum absolute atomic E-state index is 10.9. The second-order valence-corrected chi connectivity index (χ2v) is 3.54. The lowest BCUT2D eigenvalue weighted by molar-refractivity contribution is -0.385. The molecule has 19 heavy (non-hydrogen) atoms. The smallest absolute Gasteiger partial charge is 0.344 e. The Morgan fingerprint density at radius 2 is 2.16 bits per heavy atom. The average Bonchev–Trinajstić information content (AvgIpc) is 2.38. The van der Waals surface area contributed by atoms with Crippen molar-refractivity contribution in [2.45, 2.75) is 13.0 Å². The Bertz CT molecular complexity index is 526. The molecule has 8 nitrogen and oxygen atoms in total. The number of hydrogen-bond acceptors (Lipinski definition) is 6. The zero-order valence-corrected chi connectivity index (χ0v) is 10.2. The number of carbonyl (C=O) groups is 2. The van der Waals surface area contributed by atoms with Gasteiger partial charge in [0, 0.05) is 6.07 Å². The van der Waals surface area contributed by atoms with E-state index in [9.17, 15) is 19.7 Å². The first-order chi connectivity index (χ1) is 8.90. The van der Waals surface area contributed by atoms with Gasteiger partial charge in [-0.25, -0.2) is 4.79 Å². The highest BCUT2D eigenvalue weighted by Crippen LogP contribution is 2.35. The van der Waals surface area contributed by atoms with Gasteiger partial charge >= 0.3 is 5.97 Å². The zero-order valence-electron chi connectivity index (χ0n) is 10.2. The topological polar surface area (TPSA) is 116 Å². The van der Waals surface area contributed by atoms with Crippen molar-refractivity contribution in [3.8, 4) is 11.5 Å². The summed E-state index contributed by atoms with van der Waals surface area (Å²) in [6.45, 7) is 1.26. The van der Waals surface area contributed by atoms with Gasteiger partial charge in [0.15, 0.2) is 23.9 Å². The first kappa shape index (κ1) is 14.4. The van der Waals surface area contributed by atoms with Crippen LogP contribution in [0.2, 0.25) is 0 Å². The summed E-state index contributed by atoms with van der Waals surface area (Å²) < 4.78 is 9.95. The van der Waals surface area contributed by atoms with Crippen LogP contribution in [-0.4, -0.2) is 35.5 Å². The Morgan fingerprint density at radius 1 is 1.53 bits per heavy atom. The van der Waals surface area contributed by atoms with Gasteiger partial charge in [-0.1, -0.05) is 0 Å². The van der Waals surface area contributed by atoms with Crippen molar-refractivity contribution in [1.82, 2.24) is 0 Å². The molecule has 1 rings (SSSR count). The molecular formula is C11H11NO7. The Balaban J connectivity index is 3.32. The molecule has 102 valence electrons. The van der Waals surface area contributed by atoms with E-state index in [1.54, 1.807) is 0 Å². The molecule has 0 fully saturated rings. The van der Waals surface area contributed by atoms with E-state index in [1.807, 2.05) is 0 Å². The normalized spacial score (nSPS) is 11.5. The van der Waals surface area contributed by atoms with E-state index in [0.29, 0.717) is 6.29 Å². The zero-order chi connectivity index (χ0) is 14.6. The van der Waals surface area contributed by atoms with Crippen molar-refractivity contribution in [2.75, 3.05) is 7.11 Å². The van der Waals surface area contributed by atoms with Crippen LogP contribution in [0.25, 0.3) is 0 Å². The summed E-state index contributed by atoms with van der Waals surface area (Å²) in [6.07, 6.45) is -0.895. The van der Waals surface area contributed by atoms with Crippen LogP contribution in [0.5, 0.6) is 11.5 Å². The highest BCUT2D eigenvalue weighted by molar-refractivity contribution is 5.83. The molecule has 0 saturated carbocycles. The summed E-state index contributed by atoms with van der Waals surface area (Å²) >= 11 is 0. The Morgan fingerprint density at radius 3 is 2.58 bits per heavy atom.